The van der Waals surface area contributed by atoms with E-state index >= 15 is 0 Å². The number of hydrogen-bond donors (Lipinski definition) is 1. The number of nitrogens with zero attached hydrogens (tertiary/aromatic N) is 1. The molecule has 2 aromatic rings. The van der Waals surface area contributed by atoms with E-state index in [4.69, 9.17) is 5.73 Å². The first-order valence-corrected chi connectivity index (χ1v) is 6.64. The normalized spacial score (nSPS) is 12.6. The number of nitrogens with two attached hydrogens (primary N) is 1. The lowest BCUT2D eigenvalue weighted by molar-refractivity contribution is 0.693. The minimum Gasteiger partial charge on any atom is -0.350 e. The molecule has 0 aliphatic heterocycles. The second kappa shape index (κ2) is 5.52. The van der Waals surface area contributed by atoms with Gasteiger partial charge in [0.1, 0.15) is 0 Å². The molecule has 0 fully saturated rings. The maximum atomic E-state index is 6.00. The van der Waals surface area contributed by atoms with Gasteiger partial charge in [0.25, 0.3) is 0 Å². The van der Waals surface area contributed by atoms with Crippen LogP contribution in [0.2, 0.25) is 0 Å². The minimum absolute atomic E-state index is 0.154. The lowest BCUT2D eigenvalue weighted by Crippen LogP contribution is -2.07. The number of benzene rings is 1. The lowest BCUT2D eigenvalue weighted by Gasteiger charge is -2.06. The molecule has 0 saturated heterocycles. The minimum atomic E-state index is 0.154. The van der Waals surface area contributed by atoms with Crippen LogP contribution in [0.15, 0.2) is 47.2 Å². The fraction of sp³-hybridized carbons (Fsp3) is 0.286. The van der Waals surface area contributed by atoms with Crippen LogP contribution in [0.1, 0.15) is 30.5 Å². The predicted molar refractivity (Wildman–Crippen MR) is 74.9 cm³/mol. The van der Waals surface area contributed by atoms with Crippen molar-refractivity contribution in [2.75, 3.05) is 0 Å². The van der Waals surface area contributed by atoms with E-state index in [-0.39, 0.29) is 6.04 Å². The first kappa shape index (κ1) is 12.4. The Morgan fingerprint density at radius 1 is 1.24 bits per heavy atom. The van der Waals surface area contributed by atoms with Crippen LogP contribution in [0.5, 0.6) is 0 Å². The third-order valence-corrected chi connectivity index (χ3v) is 3.45. The number of rotatable bonds is 4. The largest absolute Gasteiger partial charge is 0.350 e. The Morgan fingerprint density at radius 3 is 2.59 bits per heavy atom. The van der Waals surface area contributed by atoms with Gasteiger partial charge in [-0.2, -0.15) is 0 Å². The summed E-state index contributed by atoms with van der Waals surface area (Å²) in [6, 6.07) is 10.6. The Kier molecular flexibility index (Phi) is 4.02. The van der Waals surface area contributed by atoms with Gasteiger partial charge in [0.05, 0.1) is 0 Å². The average molecular weight is 293 g/mol. The van der Waals surface area contributed by atoms with Crippen molar-refractivity contribution in [2.24, 2.45) is 5.73 Å². The molecule has 17 heavy (non-hydrogen) atoms. The van der Waals surface area contributed by atoms with Crippen LogP contribution in [0, 0.1) is 0 Å². The molecular formula is C14H17BrN2. The quantitative estimate of drug-likeness (QED) is 0.915. The molecule has 0 spiro atoms. The van der Waals surface area contributed by atoms with Gasteiger partial charge in [-0.25, -0.2) is 0 Å². The third-order valence-electron chi connectivity index (χ3n) is 2.92. The second-order valence-electron chi connectivity index (χ2n) is 4.26. The summed E-state index contributed by atoms with van der Waals surface area (Å²) >= 11 is 3.44. The maximum absolute atomic E-state index is 6.00. The molecule has 1 unspecified atom stereocenters. The Bertz CT molecular complexity index is 473. The Hall–Kier alpha value is -1.06. The molecular weight excluding hydrogens is 276 g/mol. The number of hydrogen-bond acceptors (Lipinski definition) is 1. The predicted octanol–water partition coefficient (Wildman–Crippen LogP) is 3.71. The molecule has 2 rings (SSSR count). The van der Waals surface area contributed by atoms with Gasteiger partial charge >= 0.3 is 0 Å². The molecule has 90 valence electrons. The van der Waals surface area contributed by atoms with Gasteiger partial charge in [0, 0.05) is 29.5 Å². The molecule has 1 heterocycles. The zero-order valence-corrected chi connectivity index (χ0v) is 11.5. The van der Waals surface area contributed by atoms with Gasteiger partial charge in [-0.05, 0) is 35.7 Å². The summed E-state index contributed by atoms with van der Waals surface area (Å²) < 4.78 is 3.29. The molecule has 0 aliphatic rings. The molecule has 2 nitrogen and oxygen atoms in total. The van der Waals surface area contributed by atoms with Gasteiger partial charge in [-0.15, -0.1) is 0 Å². The van der Waals surface area contributed by atoms with Crippen molar-refractivity contribution >= 4 is 15.9 Å². The number of aromatic nitrogens is 1. The van der Waals surface area contributed by atoms with E-state index in [0.29, 0.717) is 0 Å². The van der Waals surface area contributed by atoms with Crippen LogP contribution < -0.4 is 5.73 Å². The highest BCUT2D eigenvalue weighted by atomic mass is 79.9. The summed E-state index contributed by atoms with van der Waals surface area (Å²) in [4.78, 5) is 0. The van der Waals surface area contributed by atoms with E-state index in [1.165, 1.54) is 11.1 Å². The molecule has 1 aromatic heterocycles. The van der Waals surface area contributed by atoms with Crippen molar-refractivity contribution in [1.82, 2.24) is 4.57 Å². The van der Waals surface area contributed by atoms with E-state index in [2.05, 4.69) is 70.1 Å². The van der Waals surface area contributed by atoms with Crippen LogP contribution in [-0.4, -0.2) is 4.57 Å². The van der Waals surface area contributed by atoms with Crippen LogP contribution in [-0.2, 0) is 6.54 Å². The lowest BCUT2D eigenvalue weighted by atomic mass is 10.1. The molecule has 1 atom stereocenters. The summed E-state index contributed by atoms with van der Waals surface area (Å²) in [6.07, 6.45) is 5.20. The summed E-state index contributed by atoms with van der Waals surface area (Å²) in [5.41, 5.74) is 8.51. The standard InChI is InChI=1S/C14H17BrN2/c1-2-14(16)12-7-8-17(10-12)9-11-3-5-13(15)6-4-11/h3-8,10,14H,2,9,16H2,1H3. The Balaban J connectivity index is 2.08. The zero-order valence-electron chi connectivity index (χ0n) is 9.94. The van der Waals surface area contributed by atoms with E-state index in [9.17, 15) is 0 Å². The molecule has 0 radical (unpaired) electrons. The van der Waals surface area contributed by atoms with Gasteiger partial charge in [-0.3, -0.25) is 0 Å². The monoisotopic (exact) mass is 292 g/mol. The first-order valence-electron chi connectivity index (χ1n) is 5.84. The van der Waals surface area contributed by atoms with Crippen molar-refractivity contribution < 1.29 is 0 Å². The fourth-order valence-corrected chi connectivity index (χ4v) is 2.08. The van der Waals surface area contributed by atoms with E-state index in [1.807, 2.05) is 0 Å². The molecule has 1 aromatic carbocycles. The van der Waals surface area contributed by atoms with Crippen molar-refractivity contribution in [3.63, 3.8) is 0 Å². The highest BCUT2D eigenvalue weighted by Crippen LogP contribution is 2.16. The molecule has 0 bridgehead atoms. The van der Waals surface area contributed by atoms with Gasteiger partial charge in [-0.1, -0.05) is 35.0 Å². The average Bonchev–Trinajstić information content (AvgIpc) is 2.80. The Morgan fingerprint density at radius 2 is 1.94 bits per heavy atom. The van der Waals surface area contributed by atoms with Crippen molar-refractivity contribution in [3.05, 3.63) is 58.3 Å². The van der Waals surface area contributed by atoms with E-state index in [1.54, 1.807) is 0 Å². The number of halogens is 1. The highest BCUT2D eigenvalue weighted by molar-refractivity contribution is 9.10. The van der Waals surface area contributed by atoms with E-state index < -0.39 is 0 Å². The van der Waals surface area contributed by atoms with Crippen LogP contribution in [0.3, 0.4) is 0 Å². The summed E-state index contributed by atoms with van der Waals surface area (Å²) in [5.74, 6) is 0. The van der Waals surface area contributed by atoms with Crippen LogP contribution >= 0.6 is 15.9 Å². The smallest absolute Gasteiger partial charge is 0.0470 e. The summed E-state index contributed by atoms with van der Waals surface area (Å²) in [7, 11) is 0. The maximum Gasteiger partial charge on any atom is 0.0470 e. The van der Waals surface area contributed by atoms with Gasteiger partial charge in [0.15, 0.2) is 0 Å². The van der Waals surface area contributed by atoms with Gasteiger partial charge in [0.2, 0.25) is 0 Å². The molecule has 0 saturated carbocycles. The SMILES string of the molecule is CCC(N)c1ccn(Cc2ccc(Br)cc2)c1. The van der Waals surface area contributed by atoms with Crippen molar-refractivity contribution in [2.45, 2.75) is 25.9 Å². The van der Waals surface area contributed by atoms with E-state index in [0.717, 1.165) is 17.4 Å². The van der Waals surface area contributed by atoms with Crippen LogP contribution in [0.4, 0.5) is 0 Å². The fourth-order valence-electron chi connectivity index (χ4n) is 1.81. The molecule has 0 aliphatic carbocycles. The summed E-state index contributed by atoms with van der Waals surface area (Å²) in [5, 5.41) is 0. The van der Waals surface area contributed by atoms with Crippen molar-refractivity contribution in [1.29, 1.82) is 0 Å². The first-order chi connectivity index (χ1) is 8.19. The van der Waals surface area contributed by atoms with Gasteiger partial charge < -0.3 is 10.3 Å². The zero-order chi connectivity index (χ0) is 12.3. The molecule has 0 amide bonds. The third kappa shape index (κ3) is 3.20. The van der Waals surface area contributed by atoms with Crippen LogP contribution in [0.25, 0.3) is 0 Å². The highest BCUT2D eigenvalue weighted by Gasteiger charge is 2.04. The Labute approximate surface area is 111 Å². The molecule has 2 N–H and O–H groups in total. The molecule has 3 heteroatoms. The van der Waals surface area contributed by atoms with Crippen molar-refractivity contribution in [3.8, 4) is 0 Å². The summed E-state index contributed by atoms with van der Waals surface area (Å²) in [6.45, 7) is 3.00. The topological polar surface area (TPSA) is 30.9 Å². The second-order valence-corrected chi connectivity index (χ2v) is 5.17.